The van der Waals surface area contributed by atoms with Crippen molar-refractivity contribution in [3.05, 3.63) is 34.8 Å². The van der Waals surface area contributed by atoms with Crippen LogP contribution in [0.2, 0.25) is 0 Å². The van der Waals surface area contributed by atoms with Gasteiger partial charge >= 0.3 is 5.97 Å². The fourth-order valence-corrected chi connectivity index (χ4v) is 4.38. The summed E-state index contributed by atoms with van der Waals surface area (Å²) in [7, 11) is 0. The van der Waals surface area contributed by atoms with Crippen molar-refractivity contribution in [3.8, 4) is 23.2 Å². The van der Waals surface area contributed by atoms with Crippen molar-refractivity contribution in [2.45, 2.75) is 32.2 Å². The highest BCUT2D eigenvalue weighted by Gasteiger charge is 2.25. The maximum Gasteiger partial charge on any atom is 0.329 e. The molecule has 7 nitrogen and oxygen atoms in total. The number of aromatic nitrogens is 2. The van der Waals surface area contributed by atoms with Crippen LogP contribution in [-0.4, -0.2) is 40.7 Å². The van der Waals surface area contributed by atoms with Gasteiger partial charge in [0.15, 0.2) is 6.61 Å². The Bertz CT molecular complexity index is 855. The number of ether oxygens (including phenoxy) is 2. The first kappa shape index (κ1) is 21.3. The van der Waals surface area contributed by atoms with Crippen LogP contribution in [0.1, 0.15) is 25.7 Å². The van der Waals surface area contributed by atoms with Gasteiger partial charge in [0.05, 0.1) is 12.3 Å². The van der Waals surface area contributed by atoms with E-state index in [4.69, 9.17) is 19.8 Å². The number of hydrogen-bond donors (Lipinski definition) is 1. The molecule has 0 bridgehead atoms. The van der Waals surface area contributed by atoms with Crippen molar-refractivity contribution in [2.24, 2.45) is 11.8 Å². The summed E-state index contributed by atoms with van der Waals surface area (Å²) >= 11 is 3.60. The number of benzene rings is 1. The standard InChI is InChI=1S/C21H24BrN3O4/c22-19-20(17-4-2-1-3-5-17)25(24-21(19)29-11-10-23)12-15-6-8-16(9-7-15)13-28-14-18(26)27/h1-5,15-16H,6-9,11-14H2,(H,26,27)/t15-,16-. The number of carbonyl (C=O) groups is 1. The van der Waals surface area contributed by atoms with E-state index in [1.54, 1.807) is 0 Å². The van der Waals surface area contributed by atoms with Crippen molar-refractivity contribution < 1.29 is 19.4 Å². The average molecular weight is 462 g/mol. The average Bonchev–Trinajstić information content (AvgIpc) is 3.03. The van der Waals surface area contributed by atoms with Gasteiger partial charge < -0.3 is 14.6 Å². The topological polar surface area (TPSA) is 97.4 Å². The second-order valence-electron chi connectivity index (χ2n) is 7.26. The van der Waals surface area contributed by atoms with Crippen LogP contribution in [-0.2, 0) is 16.1 Å². The van der Waals surface area contributed by atoms with Gasteiger partial charge in [-0.2, -0.15) is 5.26 Å². The molecule has 2 aromatic rings. The van der Waals surface area contributed by atoms with Gasteiger partial charge in [-0.25, -0.2) is 4.79 Å². The number of hydrogen-bond acceptors (Lipinski definition) is 5. The minimum Gasteiger partial charge on any atom is -0.480 e. The zero-order chi connectivity index (χ0) is 20.6. The molecular weight excluding hydrogens is 438 g/mol. The van der Waals surface area contributed by atoms with Crippen LogP contribution in [0.25, 0.3) is 11.3 Å². The summed E-state index contributed by atoms with van der Waals surface area (Å²) in [6, 6.07) is 12.0. The summed E-state index contributed by atoms with van der Waals surface area (Å²) in [5, 5.41) is 22.1. The molecule has 29 heavy (non-hydrogen) atoms. The Morgan fingerprint density at radius 3 is 2.59 bits per heavy atom. The number of rotatable bonds is 9. The minimum absolute atomic E-state index is 0.0503. The maximum atomic E-state index is 10.6. The molecule has 0 unspecified atom stereocenters. The first-order chi connectivity index (χ1) is 14.1. The van der Waals surface area contributed by atoms with Gasteiger partial charge in [0, 0.05) is 12.1 Å². The number of aliphatic carboxylic acids is 1. The largest absolute Gasteiger partial charge is 0.480 e. The Morgan fingerprint density at radius 1 is 1.24 bits per heavy atom. The third-order valence-electron chi connectivity index (χ3n) is 5.16. The van der Waals surface area contributed by atoms with Crippen molar-refractivity contribution in [3.63, 3.8) is 0 Å². The molecule has 1 aliphatic rings. The third kappa shape index (κ3) is 5.81. The van der Waals surface area contributed by atoms with E-state index in [1.165, 1.54) is 0 Å². The molecule has 1 N–H and O–H groups in total. The molecular formula is C21H24BrN3O4. The molecule has 0 aliphatic heterocycles. The van der Waals surface area contributed by atoms with Gasteiger partial charge in [-0.3, -0.25) is 4.68 Å². The molecule has 1 fully saturated rings. The van der Waals surface area contributed by atoms with Crippen molar-refractivity contribution >= 4 is 21.9 Å². The van der Waals surface area contributed by atoms with Crippen LogP contribution in [0.4, 0.5) is 0 Å². The SMILES string of the molecule is N#CCOc1nn(C[C@H]2CC[C@H](COCC(=O)O)CC2)c(-c2ccccc2)c1Br. The highest BCUT2D eigenvalue weighted by atomic mass is 79.9. The number of nitrogens with zero attached hydrogens (tertiary/aromatic N) is 3. The van der Waals surface area contributed by atoms with E-state index in [9.17, 15) is 4.79 Å². The number of carboxylic acids is 1. The molecule has 3 rings (SSSR count). The Labute approximate surface area is 178 Å². The molecule has 8 heteroatoms. The molecule has 154 valence electrons. The van der Waals surface area contributed by atoms with Gasteiger partial charge in [0.1, 0.15) is 17.1 Å². The number of halogens is 1. The second-order valence-corrected chi connectivity index (χ2v) is 8.05. The van der Waals surface area contributed by atoms with Crippen LogP contribution >= 0.6 is 15.9 Å². The van der Waals surface area contributed by atoms with Crippen LogP contribution in [0, 0.1) is 23.2 Å². The lowest BCUT2D eigenvalue weighted by Crippen LogP contribution is -2.23. The van der Waals surface area contributed by atoms with Crippen molar-refractivity contribution in [1.82, 2.24) is 9.78 Å². The fourth-order valence-electron chi connectivity index (χ4n) is 3.75. The van der Waals surface area contributed by atoms with E-state index in [2.05, 4.69) is 21.0 Å². The first-order valence-corrected chi connectivity index (χ1v) is 10.5. The lowest BCUT2D eigenvalue weighted by molar-refractivity contribution is -0.142. The Kier molecular flexibility index (Phi) is 7.67. The Balaban J connectivity index is 1.67. The van der Waals surface area contributed by atoms with Gasteiger partial charge in [0.2, 0.25) is 5.88 Å². The van der Waals surface area contributed by atoms with E-state index < -0.39 is 5.97 Å². The van der Waals surface area contributed by atoms with E-state index in [-0.39, 0.29) is 13.2 Å². The smallest absolute Gasteiger partial charge is 0.329 e. The predicted molar refractivity (Wildman–Crippen MR) is 110 cm³/mol. The third-order valence-corrected chi connectivity index (χ3v) is 5.88. The summed E-state index contributed by atoms with van der Waals surface area (Å²) in [6.07, 6.45) is 4.12. The van der Waals surface area contributed by atoms with E-state index in [1.807, 2.05) is 41.1 Å². The normalized spacial score (nSPS) is 18.9. The molecule has 0 amide bonds. The van der Waals surface area contributed by atoms with Crippen LogP contribution in [0.5, 0.6) is 5.88 Å². The molecule has 1 aromatic heterocycles. The lowest BCUT2D eigenvalue weighted by atomic mass is 9.82. The molecule has 1 aliphatic carbocycles. The summed E-state index contributed by atoms with van der Waals surface area (Å²) < 4.78 is 13.5. The van der Waals surface area contributed by atoms with E-state index in [0.29, 0.717) is 24.3 Å². The van der Waals surface area contributed by atoms with Gasteiger partial charge in [-0.1, -0.05) is 30.3 Å². The van der Waals surface area contributed by atoms with E-state index in [0.717, 1.165) is 48.0 Å². The molecule has 0 atom stereocenters. The van der Waals surface area contributed by atoms with E-state index >= 15 is 0 Å². The number of carboxylic acid groups (broad SMARTS) is 1. The predicted octanol–water partition coefficient (Wildman–Crippen LogP) is 4.12. The molecule has 1 saturated carbocycles. The van der Waals surface area contributed by atoms with Crippen LogP contribution in [0.15, 0.2) is 34.8 Å². The highest BCUT2D eigenvalue weighted by Crippen LogP contribution is 2.37. The summed E-state index contributed by atoms with van der Waals surface area (Å²) in [5.74, 6) is 0.397. The quantitative estimate of drug-likeness (QED) is 0.602. The molecule has 0 spiro atoms. The zero-order valence-corrected chi connectivity index (χ0v) is 17.7. The number of nitriles is 1. The zero-order valence-electron chi connectivity index (χ0n) is 16.1. The van der Waals surface area contributed by atoms with Gasteiger partial charge in [-0.15, -0.1) is 5.10 Å². The first-order valence-electron chi connectivity index (χ1n) is 9.69. The van der Waals surface area contributed by atoms with Crippen LogP contribution < -0.4 is 4.74 Å². The second kappa shape index (κ2) is 10.4. The Morgan fingerprint density at radius 2 is 1.93 bits per heavy atom. The Hall–Kier alpha value is -2.37. The van der Waals surface area contributed by atoms with Crippen molar-refractivity contribution in [1.29, 1.82) is 5.26 Å². The van der Waals surface area contributed by atoms with Crippen molar-refractivity contribution in [2.75, 3.05) is 19.8 Å². The minimum atomic E-state index is -0.925. The van der Waals surface area contributed by atoms with Gasteiger partial charge in [-0.05, 0) is 53.4 Å². The highest BCUT2D eigenvalue weighted by molar-refractivity contribution is 9.10. The molecule has 0 saturated heterocycles. The lowest BCUT2D eigenvalue weighted by Gasteiger charge is -2.28. The molecule has 0 radical (unpaired) electrons. The monoisotopic (exact) mass is 461 g/mol. The summed E-state index contributed by atoms with van der Waals surface area (Å²) in [6.45, 7) is 0.994. The summed E-state index contributed by atoms with van der Waals surface area (Å²) in [4.78, 5) is 10.6. The maximum absolute atomic E-state index is 10.6. The van der Waals surface area contributed by atoms with Gasteiger partial charge in [0.25, 0.3) is 0 Å². The molecule has 1 aromatic carbocycles. The van der Waals surface area contributed by atoms with Crippen LogP contribution in [0.3, 0.4) is 0 Å². The summed E-state index contributed by atoms with van der Waals surface area (Å²) in [5.41, 5.74) is 1.99. The molecule has 1 heterocycles. The fraction of sp³-hybridized carbons (Fsp3) is 0.476.